The molecule has 0 unspecified atom stereocenters. The molecule has 5 aromatic rings. The molecule has 0 aliphatic carbocycles. The fourth-order valence-corrected chi connectivity index (χ4v) is 3.48. The fourth-order valence-electron chi connectivity index (χ4n) is 3.48. The first-order valence-corrected chi connectivity index (χ1v) is 8.51. The first-order chi connectivity index (χ1) is 12.8. The highest BCUT2D eigenvalue weighted by Crippen LogP contribution is 2.37. The van der Waals surface area contributed by atoms with Gasteiger partial charge in [-0.05, 0) is 35.7 Å². The number of rotatable bonds is 2. The van der Waals surface area contributed by atoms with Crippen LogP contribution in [0, 0.1) is 5.21 Å². The molecule has 1 heterocycles. The van der Waals surface area contributed by atoms with E-state index >= 15 is 0 Å². The molecule has 26 heavy (non-hydrogen) atoms. The Hall–Kier alpha value is -3.59. The summed E-state index contributed by atoms with van der Waals surface area (Å²) in [4.78, 5) is 0. The van der Waals surface area contributed by atoms with Crippen LogP contribution < -0.4 is 9.47 Å². The molecule has 5 rings (SSSR count). The summed E-state index contributed by atoms with van der Waals surface area (Å²) in [7, 11) is 0. The third-order valence-electron chi connectivity index (χ3n) is 4.68. The molecule has 4 aromatic carbocycles. The highest BCUT2D eigenvalue weighted by molar-refractivity contribution is 6.09. The van der Waals surface area contributed by atoms with Gasteiger partial charge in [-0.25, -0.2) is 0 Å². The van der Waals surface area contributed by atoms with Crippen molar-refractivity contribution in [2.45, 2.75) is 0 Å². The fraction of sp³-hybridized carbons (Fsp3) is 0. The van der Waals surface area contributed by atoms with E-state index in [-0.39, 0.29) is 0 Å². The lowest BCUT2D eigenvalue weighted by Crippen LogP contribution is -2.28. The van der Waals surface area contributed by atoms with Crippen molar-refractivity contribution in [2.75, 3.05) is 0 Å². The molecule has 0 aliphatic heterocycles. The second-order valence-electron chi connectivity index (χ2n) is 6.24. The molecule has 0 fully saturated rings. The molecule has 0 saturated heterocycles. The zero-order valence-corrected chi connectivity index (χ0v) is 13.9. The van der Waals surface area contributed by atoms with Gasteiger partial charge in [-0.2, -0.15) is 4.73 Å². The molecular weight excluding hydrogens is 322 g/mol. The first-order valence-electron chi connectivity index (χ1n) is 8.51. The second-order valence-corrected chi connectivity index (χ2v) is 6.24. The number of hydrogen-bond donors (Lipinski definition) is 0. The van der Waals surface area contributed by atoms with Crippen LogP contribution in [0.3, 0.4) is 0 Å². The summed E-state index contributed by atoms with van der Waals surface area (Å²) in [6, 6.07) is 29.1. The van der Waals surface area contributed by atoms with Crippen molar-refractivity contribution in [1.29, 1.82) is 0 Å². The monoisotopic (exact) mass is 337 g/mol. The van der Waals surface area contributed by atoms with Crippen molar-refractivity contribution >= 4 is 32.6 Å². The number of fused-ring (bicyclic) bond motifs is 4. The minimum atomic E-state index is 0.599. The SMILES string of the molecule is [O-][n+]1c2ccccc2c(Oc2ccccc2)c2ccc3ccccc3c21. The molecule has 1 aromatic heterocycles. The van der Waals surface area contributed by atoms with E-state index in [9.17, 15) is 5.21 Å². The van der Waals surface area contributed by atoms with E-state index in [4.69, 9.17) is 4.74 Å². The molecule has 0 amide bonds. The molecule has 3 nitrogen and oxygen atoms in total. The average molecular weight is 337 g/mol. The standard InChI is InChI=1S/C23H15NO2/c25-24-21-13-7-6-12-19(21)23(26-17-9-2-1-3-10-17)20-15-14-16-8-4-5-11-18(16)22(20)24/h1-15H. The van der Waals surface area contributed by atoms with Gasteiger partial charge in [0.05, 0.1) is 16.2 Å². The number of hydrogen-bond acceptors (Lipinski definition) is 2. The van der Waals surface area contributed by atoms with Gasteiger partial charge in [-0.15, -0.1) is 0 Å². The van der Waals surface area contributed by atoms with E-state index in [1.54, 1.807) is 0 Å². The molecule has 3 heteroatoms. The van der Waals surface area contributed by atoms with Crippen LogP contribution in [0.2, 0.25) is 0 Å². The van der Waals surface area contributed by atoms with E-state index in [1.807, 2.05) is 91.0 Å². The van der Waals surface area contributed by atoms with Crippen LogP contribution in [0.5, 0.6) is 11.5 Å². The van der Waals surface area contributed by atoms with Crippen LogP contribution in [0.4, 0.5) is 0 Å². The van der Waals surface area contributed by atoms with Gasteiger partial charge >= 0.3 is 0 Å². The van der Waals surface area contributed by atoms with E-state index in [0.717, 1.165) is 32.0 Å². The van der Waals surface area contributed by atoms with Crippen LogP contribution in [-0.4, -0.2) is 0 Å². The van der Waals surface area contributed by atoms with Crippen molar-refractivity contribution < 1.29 is 9.47 Å². The van der Waals surface area contributed by atoms with Crippen LogP contribution in [0.25, 0.3) is 32.6 Å². The Morgan fingerprint density at radius 3 is 2.15 bits per heavy atom. The zero-order chi connectivity index (χ0) is 17.5. The lowest BCUT2D eigenvalue weighted by Gasteiger charge is -2.14. The first kappa shape index (κ1) is 14.7. The molecule has 0 N–H and O–H groups in total. The number of pyridine rings is 1. The number of para-hydroxylation sites is 2. The van der Waals surface area contributed by atoms with Gasteiger partial charge in [0.25, 0.3) is 0 Å². The Kier molecular flexibility index (Phi) is 3.25. The third-order valence-corrected chi connectivity index (χ3v) is 4.68. The Morgan fingerprint density at radius 2 is 1.31 bits per heavy atom. The maximum atomic E-state index is 13.2. The normalized spacial score (nSPS) is 11.2. The van der Waals surface area contributed by atoms with Gasteiger partial charge in [0.15, 0.2) is 5.75 Å². The molecular formula is C23H15NO2. The summed E-state index contributed by atoms with van der Waals surface area (Å²) in [5.74, 6) is 1.45. The largest absolute Gasteiger partial charge is 0.618 e. The van der Waals surface area contributed by atoms with E-state index in [0.29, 0.717) is 16.8 Å². The smallest absolute Gasteiger partial charge is 0.235 e. The summed E-state index contributed by atoms with van der Waals surface area (Å²) < 4.78 is 7.28. The number of nitrogens with zero attached hydrogens (tertiary/aromatic N) is 1. The lowest BCUT2D eigenvalue weighted by atomic mass is 10.0. The van der Waals surface area contributed by atoms with Gasteiger partial charge in [0, 0.05) is 6.07 Å². The van der Waals surface area contributed by atoms with Crippen LogP contribution in [0.1, 0.15) is 0 Å². The molecule has 0 aliphatic rings. The summed E-state index contributed by atoms with van der Waals surface area (Å²) in [5, 5.41) is 16.7. The van der Waals surface area contributed by atoms with Gasteiger partial charge in [0.2, 0.25) is 11.0 Å². The lowest BCUT2D eigenvalue weighted by molar-refractivity contribution is -0.547. The molecule has 0 radical (unpaired) electrons. The maximum Gasteiger partial charge on any atom is 0.235 e. The van der Waals surface area contributed by atoms with Crippen molar-refractivity contribution in [1.82, 2.24) is 0 Å². The van der Waals surface area contributed by atoms with Crippen molar-refractivity contribution in [3.8, 4) is 11.5 Å². The summed E-state index contributed by atoms with van der Waals surface area (Å²) in [6.45, 7) is 0. The van der Waals surface area contributed by atoms with Crippen molar-refractivity contribution in [3.63, 3.8) is 0 Å². The Balaban J connectivity index is 1.94. The minimum absolute atomic E-state index is 0.599. The summed E-state index contributed by atoms with van der Waals surface area (Å²) in [6.07, 6.45) is 0. The quantitative estimate of drug-likeness (QED) is 0.183. The average Bonchev–Trinajstić information content (AvgIpc) is 2.71. The van der Waals surface area contributed by atoms with Crippen LogP contribution in [-0.2, 0) is 0 Å². The van der Waals surface area contributed by atoms with E-state index in [1.165, 1.54) is 0 Å². The Bertz CT molecular complexity index is 1260. The third kappa shape index (κ3) is 2.18. The predicted octanol–water partition coefficient (Wildman–Crippen LogP) is 5.57. The number of aromatic nitrogens is 1. The van der Waals surface area contributed by atoms with Gasteiger partial charge in [-0.1, -0.05) is 54.6 Å². The topological polar surface area (TPSA) is 36.2 Å². The zero-order valence-electron chi connectivity index (χ0n) is 13.9. The second kappa shape index (κ2) is 5.74. The van der Waals surface area contributed by atoms with Crippen LogP contribution >= 0.6 is 0 Å². The van der Waals surface area contributed by atoms with Crippen molar-refractivity contribution in [2.24, 2.45) is 0 Å². The molecule has 0 bridgehead atoms. The van der Waals surface area contributed by atoms with Gasteiger partial charge in [0.1, 0.15) is 5.75 Å². The molecule has 0 atom stereocenters. The summed E-state index contributed by atoms with van der Waals surface area (Å²) in [5.41, 5.74) is 1.23. The van der Waals surface area contributed by atoms with Crippen LogP contribution in [0.15, 0.2) is 91.0 Å². The molecule has 0 saturated carbocycles. The highest BCUT2D eigenvalue weighted by Gasteiger charge is 2.20. The van der Waals surface area contributed by atoms with E-state index in [2.05, 4.69) is 0 Å². The highest BCUT2D eigenvalue weighted by atomic mass is 16.5. The van der Waals surface area contributed by atoms with E-state index < -0.39 is 0 Å². The molecule has 124 valence electrons. The van der Waals surface area contributed by atoms with Gasteiger partial charge < -0.3 is 9.94 Å². The molecule has 0 spiro atoms. The van der Waals surface area contributed by atoms with Gasteiger partial charge in [-0.3, -0.25) is 0 Å². The predicted molar refractivity (Wildman–Crippen MR) is 104 cm³/mol. The number of ether oxygens (including phenoxy) is 1. The maximum absolute atomic E-state index is 13.2. The summed E-state index contributed by atoms with van der Waals surface area (Å²) >= 11 is 0. The Labute approximate surface area is 150 Å². The Morgan fingerprint density at radius 1 is 0.615 bits per heavy atom. The minimum Gasteiger partial charge on any atom is -0.618 e. The number of benzene rings is 4. The van der Waals surface area contributed by atoms with Crippen molar-refractivity contribution in [3.05, 3.63) is 96.2 Å².